The highest BCUT2D eigenvalue weighted by atomic mass is 79.9. The van der Waals surface area contributed by atoms with Crippen molar-refractivity contribution in [3.05, 3.63) is 92.9 Å². The standard InChI is InChI=1S/C20H16BrN3O5S/c21-15-5-7-17(8-6-15)23-30(28,29)18-11-9-16(10-12-18)22-20(25)13-14-3-1-2-4-19(14)24(26)27/h1-12,23H,13H2,(H,22,25). The molecule has 3 aromatic carbocycles. The Morgan fingerprint density at radius 3 is 2.17 bits per heavy atom. The first kappa shape index (κ1) is 21.5. The molecule has 154 valence electrons. The van der Waals surface area contributed by atoms with Crippen LogP contribution in [0.4, 0.5) is 17.1 Å². The molecule has 0 aliphatic carbocycles. The summed E-state index contributed by atoms with van der Waals surface area (Å²) in [5, 5.41) is 13.7. The van der Waals surface area contributed by atoms with Crippen molar-refractivity contribution in [2.24, 2.45) is 0 Å². The van der Waals surface area contributed by atoms with E-state index in [9.17, 15) is 23.3 Å². The topological polar surface area (TPSA) is 118 Å². The highest BCUT2D eigenvalue weighted by molar-refractivity contribution is 9.10. The first-order valence-electron chi connectivity index (χ1n) is 8.65. The number of nitrogens with one attached hydrogen (secondary N) is 2. The molecule has 1 amide bonds. The molecular weight excluding hydrogens is 474 g/mol. The Morgan fingerprint density at radius 1 is 0.933 bits per heavy atom. The van der Waals surface area contributed by atoms with Crippen molar-refractivity contribution in [1.29, 1.82) is 0 Å². The van der Waals surface area contributed by atoms with E-state index in [0.717, 1.165) is 4.47 Å². The molecular formula is C20H16BrN3O5S. The molecule has 2 N–H and O–H groups in total. The van der Waals surface area contributed by atoms with Gasteiger partial charge >= 0.3 is 0 Å². The van der Waals surface area contributed by atoms with Crippen LogP contribution in [0.25, 0.3) is 0 Å². The predicted molar refractivity (Wildman–Crippen MR) is 117 cm³/mol. The van der Waals surface area contributed by atoms with Crippen molar-refractivity contribution in [2.45, 2.75) is 11.3 Å². The molecule has 0 spiro atoms. The van der Waals surface area contributed by atoms with Crippen LogP contribution in [0.2, 0.25) is 0 Å². The van der Waals surface area contributed by atoms with Gasteiger partial charge in [0.05, 0.1) is 16.2 Å². The van der Waals surface area contributed by atoms with Gasteiger partial charge in [-0.25, -0.2) is 8.42 Å². The van der Waals surface area contributed by atoms with E-state index in [4.69, 9.17) is 0 Å². The number of sulfonamides is 1. The summed E-state index contributed by atoms with van der Waals surface area (Å²) in [6.07, 6.45) is -0.178. The molecule has 0 radical (unpaired) electrons. The van der Waals surface area contributed by atoms with Crippen molar-refractivity contribution >= 4 is 48.9 Å². The second-order valence-corrected chi connectivity index (χ2v) is 8.85. The maximum absolute atomic E-state index is 12.5. The van der Waals surface area contributed by atoms with Crippen LogP contribution >= 0.6 is 15.9 Å². The van der Waals surface area contributed by atoms with E-state index in [2.05, 4.69) is 26.0 Å². The van der Waals surface area contributed by atoms with Crippen LogP contribution in [0, 0.1) is 10.1 Å². The molecule has 0 aromatic heterocycles. The fraction of sp³-hybridized carbons (Fsp3) is 0.0500. The number of carbonyl (C=O) groups excluding carboxylic acids is 1. The zero-order chi connectivity index (χ0) is 21.7. The van der Waals surface area contributed by atoms with Gasteiger partial charge in [0, 0.05) is 27.5 Å². The van der Waals surface area contributed by atoms with Crippen LogP contribution in [-0.2, 0) is 21.2 Å². The van der Waals surface area contributed by atoms with Gasteiger partial charge in [-0.1, -0.05) is 34.1 Å². The minimum absolute atomic E-state index is 0.0297. The second kappa shape index (κ2) is 9.06. The van der Waals surface area contributed by atoms with Crippen LogP contribution in [0.5, 0.6) is 0 Å². The summed E-state index contributed by atoms with van der Waals surface area (Å²) in [6.45, 7) is 0. The quantitative estimate of drug-likeness (QED) is 0.377. The molecule has 8 nitrogen and oxygen atoms in total. The first-order valence-corrected chi connectivity index (χ1v) is 10.9. The Labute approximate surface area is 181 Å². The van der Waals surface area contributed by atoms with E-state index in [-0.39, 0.29) is 22.6 Å². The molecule has 0 fully saturated rings. The van der Waals surface area contributed by atoms with Crippen LogP contribution < -0.4 is 10.0 Å². The summed E-state index contributed by atoms with van der Waals surface area (Å²) < 4.78 is 28.3. The smallest absolute Gasteiger partial charge is 0.273 e. The fourth-order valence-electron chi connectivity index (χ4n) is 2.67. The Kier molecular flexibility index (Phi) is 6.48. The number of hydrogen-bond acceptors (Lipinski definition) is 5. The number of halogens is 1. The highest BCUT2D eigenvalue weighted by Gasteiger charge is 2.17. The molecule has 10 heteroatoms. The van der Waals surface area contributed by atoms with Gasteiger partial charge < -0.3 is 5.32 Å². The van der Waals surface area contributed by atoms with E-state index in [1.165, 1.54) is 42.5 Å². The van der Waals surface area contributed by atoms with Crippen molar-refractivity contribution in [3.63, 3.8) is 0 Å². The van der Waals surface area contributed by atoms with E-state index >= 15 is 0 Å². The van der Waals surface area contributed by atoms with Gasteiger partial charge in [-0.3, -0.25) is 19.6 Å². The summed E-state index contributed by atoms with van der Waals surface area (Å²) >= 11 is 3.28. The summed E-state index contributed by atoms with van der Waals surface area (Å²) in [5.41, 5.74) is 0.951. The summed E-state index contributed by atoms with van der Waals surface area (Å²) in [6, 6.07) is 18.3. The Bertz CT molecular complexity index is 1180. The van der Waals surface area contributed by atoms with Gasteiger partial charge in [0.1, 0.15) is 0 Å². The molecule has 0 heterocycles. The molecule has 0 atom stereocenters. The number of anilines is 2. The maximum atomic E-state index is 12.5. The lowest BCUT2D eigenvalue weighted by Gasteiger charge is -2.10. The van der Waals surface area contributed by atoms with Crippen molar-refractivity contribution < 1.29 is 18.1 Å². The number of rotatable bonds is 7. The van der Waals surface area contributed by atoms with Crippen LogP contribution in [-0.4, -0.2) is 19.2 Å². The molecule has 30 heavy (non-hydrogen) atoms. The van der Waals surface area contributed by atoms with Crippen molar-refractivity contribution in [3.8, 4) is 0 Å². The lowest BCUT2D eigenvalue weighted by atomic mass is 10.1. The molecule has 0 bridgehead atoms. The summed E-state index contributed by atoms with van der Waals surface area (Å²) in [5.74, 6) is -0.451. The fourth-order valence-corrected chi connectivity index (χ4v) is 3.99. The molecule has 3 rings (SSSR count). The Balaban J connectivity index is 1.67. The van der Waals surface area contributed by atoms with Gasteiger partial charge in [-0.05, 0) is 48.5 Å². The monoisotopic (exact) mass is 489 g/mol. The minimum atomic E-state index is -3.79. The number of hydrogen-bond donors (Lipinski definition) is 2. The molecule has 0 unspecified atom stereocenters. The SMILES string of the molecule is O=C(Cc1ccccc1[N+](=O)[O-])Nc1ccc(S(=O)(=O)Nc2ccc(Br)cc2)cc1. The number of nitro groups is 1. The van der Waals surface area contributed by atoms with Crippen molar-refractivity contribution in [1.82, 2.24) is 0 Å². The van der Waals surface area contributed by atoms with E-state index in [0.29, 0.717) is 11.4 Å². The predicted octanol–water partition coefficient (Wildman–Crippen LogP) is 4.34. The Morgan fingerprint density at radius 2 is 1.53 bits per heavy atom. The zero-order valence-electron chi connectivity index (χ0n) is 15.4. The number of para-hydroxylation sites is 1. The van der Waals surface area contributed by atoms with Gasteiger partial charge in [0.15, 0.2) is 0 Å². The third kappa shape index (κ3) is 5.43. The van der Waals surface area contributed by atoms with Gasteiger partial charge in [0.25, 0.3) is 15.7 Å². The van der Waals surface area contributed by atoms with Gasteiger partial charge in [-0.2, -0.15) is 0 Å². The van der Waals surface area contributed by atoms with E-state index in [1.807, 2.05) is 0 Å². The first-order chi connectivity index (χ1) is 14.2. The van der Waals surface area contributed by atoms with E-state index in [1.54, 1.807) is 30.3 Å². The number of benzene rings is 3. The van der Waals surface area contributed by atoms with Crippen molar-refractivity contribution in [2.75, 3.05) is 10.0 Å². The molecule has 0 saturated heterocycles. The average molecular weight is 490 g/mol. The third-order valence-electron chi connectivity index (χ3n) is 4.08. The largest absolute Gasteiger partial charge is 0.326 e. The second-order valence-electron chi connectivity index (χ2n) is 6.25. The highest BCUT2D eigenvalue weighted by Crippen LogP contribution is 2.21. The third-order valence-corrected chi connectivity index (χ3v) is 6.01. The van der Waals surface area contributed by atoms with Gasteiger partial charge in [0.2, 0.25) is 5.91 Å². The zero-order valence-corrected chi connectivity index (χ0v) is 17.8. The van der Waals surface area contributed by atoms with Crippen LogP contribution in [0.3, 0.4) is 0 Å². The molecule has 0 aliphatic rings. The Hall–Kier alpha value is -3.24. The average Bonchev–Trinajstić information content (AvgIpc) is 2.70. The summed E-state index contributed by atoms with van der Waals surface area (Å²) in [4.78, 5) is 22.8. The number of nitro benzene ring substituents is 1. The lowest BCUT2D eigenvalue weighted by Crippen LogP contribution is -2.16. The van der Waals surface area contributed by atoms with Crippen LogP contribution in [0.1, 0.15) is 5.56 Å². The normalized spacial score (nSPS) is 11.0. The number of carbonyl (C=O) groups is 1. The number of nitrogens with zero attached hydrogens (tertiary/aromatic N) is 1. The van der Waals surface area contributed by atoms with E-state index < -0.39 is 20.9 Å². The maximum Gasteiger partial charge on any atom is 0.273 e. The molecule has 0 aliphatic heterocycles. The lowest BCUT2D eigenvalue weighted by molar-refractivity contribution is -0.385. The van der Waals surface area contributed by atoms with Crippen LogP contribution in [0.15, 0.2) is 82.2 Å². The minimum Gasteiger partial charge on any atom is -0.326 e. The molecule has 3 aromatic rings. The van der Waals surface area contributed by atoms with Gasteiger partial charge in [-0.15, -0.1) is 0 Å². The number of amides is 1. The molecule has 0 saturated carbocycles. The summed E-state index contributed by atoms with van der Waals surface area (Å²) in [7, 11) is -3.79.